The first-order valence-electron chi connectivity index (χ1n) is 8.05. The van der Waals surface area contributed by atoms with Crippen LogP contribution in [0.4, 0.5) is 0 Å². The van der Waals surface area contributed by atoms with Crippen LogP contribution in [0.5, 0.6) is 0 Å². The van der Waals surface area contributed by atoms with E-state index in [0.29, 0.717) is 13.1 Å². The van der Waals surface area contributed by atoms with Gasteiger partial charge in [0, 0.05) is 24.3 Å². The SMILES string of the molecule is C=C(C)CN(CC)C(=O)COC(=O)Cn1c(C)cc2ccccc21. The lowest BCUT2D eigenvalue weighted by atomic mass is 10.2. The highest BCUT2D eigenvalue weighted by Crippen LogP contribution is 2.19. The van der Waals surface area contributed by atoms with E-state index in [1.165, 1.54) is 0 Å². The average Bonchev–Trinajstić information content (AvgIpc) is 2.86. The molecular weight excluding hydrogens is 304 g/mol. The Balaban J connectivity index is 1.96. The van der Waals surface area contributed by atoms with Gasteiger partial charge in [0.25, 0.3) is 5.91 Å². The third kappa shape index (κ3) is 4.25. The van der Waals surface area contributed by atoms with Gasteiger partial charge in [-0.3, -0.25) is 9.59 Å². The molecule has 0 unspecified atom stereocenters. The van der Waals surface area contributed by atoms with Crippen LogP contribution < -0.4 is 0 Å². The second-order valence-corrected chi connectivity index (χ2v) is 5.96. The van der Waals surface area contributed by atoms with E-state index < -0.39 is 5.97 Å². The van der Waals surface area contributed by atoms with Gasteiger partial charge in [0.1, 0.15) is 6.54 Å². The van der Waals surface area contributed by atoms with Gasteiger partial charge < -0.3 is 14.2 Å². The van der Waals surface area contributed by atoms with E-state index in [1.54, 1.807) is 4.90 Å². The summed E-state index contributed by atoms with van der Waals surface area (Å²) >= 11 is 0. The molecule has 1 amide bonds. The molecule has 0 atom stereocenters. The van der Waals surface area contributed by atoms with Crippen molar-refractivity contribution >= 4 is 22.8 Å². The topological polar surface area (TPSA) is 51.5 Å². The molecule has 0 N–H and O–H groups in total. The third-order valence-electron chi connectivity index (χ3n) is 3.86. The van der Waals surface area contributed by atoms with Crippen molar-refractivity contribution in [2.45, 2.75) is 27.3 Å². The molecule has 0 bridgehead atoms. The number of carbonyl (C=O) groups is 2. The van der Waals surface area contributed by atoms with Gasteiger partial charge in [-0.05, 0) is 38.3 Å². The van der Waals surface area contributed by atoms with Crippen LogP contribution in [0.3, 0.4) is 0 Å². The van der Waals surface area contributed by atoms with Crippen molar-refractivity contribution in [2.75, 3.05) is 19.7 Å². The molecule has 2 rings (SSSR count). The summed E-state index contributed by atoms with van der Waals surface area (Å²) in [7, 11) is 0. The van der Waals surface area contributed by atoms with Crippen LogP contribution in [0.1, 0.15) is 19.5 Å². The number of amides is 1. The Hall–Kier alpha value is -2.56. The Labute approximate surface area is 142 Å². The van der Waals surface area contributed by atoms with Crippen LogP contribution in [0.25, 0.3) is 10.9 Å². The van der Waals surface area contributed by atoms with Gasteiger partial charge >= 0.3 is 5.97 Å². The first-order chi connectivity index (χ1) is 11.4. The van der Waals surface area contributed by atoms with Gasteiger partial charge in [-0.15, -0.1) is 0 Å². The van der Waals surface area contributed by atoms with Crippen LogP contribution in [0, 0.1) is 6.92 Å². The predicted octanol–water partition coefficient (Wildman–Crippen LogP) is 2.92. The van der Waals surface area contributed by atoms with Gasteiger partial charge in [0.05, 0.1) is 0 Å². The number of carbonyl (C=O) groups excluding carboxylic acids is 2. The number of ether oxygens (including phenoxy) is 1. The summed E-state index contributed by atoms with van der Waals surface area (Å²) in [5.74, 6) is -0.623. The van der Waals surface area contributed by atoms with Gasteiger partial charge in [0.15, 0.2) is 6.61 Å². The van der Waals surface area contributed by atoms with E-state index >= 15 is 0 Å². The van der Waals surface area contributed by atoms with Crippen LogP contribution in [0.2, 0.25) is 0 Å². The Morgan fingerprint density at radius 2 is 2.00 bits per heavy atom. The molecule has 24 heavy (non-hydrogen) atoms. The molecule has 1 aromatic heterocycles. The number of hydrogen-bond acceptors (Lipinski definition) is 3. The van der Waals surface area contributed by atoms with Gasteiger partial charge in [-0.25, -0.2) is 0 Å². The zero-order valence-electron chi connectivity index (χ0n) is 14.5. The van der Waals surface area contributed by atoms with E-state index in [2.05, 4.69) is 6.58 Å². The molecule has 0 saturated carbocycles. The number of aryl methyl sites for hydroxylation is 1. The molecule has 0 aliphatic carbocycles. The zero-order chi connectivity index (χ0) is 17.7. The Morgan fingerprint density at radius 3 is 2.67 bits per heavy atom. The molecule has 5 heteroatoms. The van der Waals surface area contributed by atoms with E-state index in [9.17, 15) is 9.59 Å². The fourth-order valence-corrected chi connectivity index (χ4v) is 2.67. The quantitative estimate of drug-likeness (QED) is 0.580. The van der Waals surface area contributed by atoms with E-state index in [1.807, 2.05) is 55.7 Å². The van der Waals surface area contributed by atoms with E-state index in [4.69, 9.17) is 4.74 Å². The molecular formula is C19H24N2O3. The number of aromatic nitrogens is 1. The molecule has 0 aliphatic rings. The van der Waals surface area contributed by atoms with E-state index in [-0.39, 0.29) is 19.1 Å². The number of likely N-dealkylation sites (N-methyl/N-ethyl adjacent to an activating group) is 1. The minimum absolute atomic E-state index is 0.0965. The average molecular weight is 328 g/mol. The molecule has 1 heterocycles. The Kier molecular flexibility index (Phi) is 5.79. The number of benzene rings is 1. The van der Waals surface area contributed by atoms with Crippen molar-refractivity contribution < 1.29 is 14.3 Å². The molecule has 5 nitrogen and oxygen atoms in total. The van der Waals surface area contributed by atoms with Crippen LogP contribution >= 0.6 is 0 Å². The number of fused-ring (bicyclic) bond motifs is 1. The summed E-state index contributed by atoms with van der Waals surface area (Å²) in [5.41, 5.74) is 2.86. The summed E-state index contributed by atoms with van der Waals surface area (Å²) in [6.45, 7) is 10.4. The third-order valence-corrected chi connectivity index (χ3v) is 3.86. The molecule has 2 aromatic rings. The summed E-state index contributed by atoms with van der Waals surface area (Å²) in [5, 5.41) is 1.08. The predicted molar refractivity (Wildman–Crippen MR) is 94.7 cm³/mol. The monoisotopic (exact) mass is 328 g/mol. The molecule has 128 valence electrons. The van der Waals surface area contributed by atoms with Crippen molar-refractivity contribution in [1.29, 1.82) is 0 Å². The number of rotatable bonds is 7. The number of hydrogen-bond donors (Lipinski definition) is 0. The fourth-order valence-electron chi connectivity index (χ4n) is 2.67. The van der Waals surface area contributed by atoms with Crippen molar-refractivity contribution in [3.63, 3.8) is 0 Å². The molecule has 0 radical (unpaired) electrons. The first kappa shape index (κ1) is 17.8. The molecule has 1 aromatic carbocycles. The minimum atomic E-state index is -0.417. The van der Waals surface area contributed by atoms with Gasteiger partial charge in [0.2, 0.25) is 0 Å². The maximum absolute atomic E-state index is 12.1. The Morgan fingerprint density at radius 1 is 1.29 bits per heavy atom. The van der Waals surface area contributed by atoms with Crippen LogP contribution in [-0.4, -0.2) is 41.0 Å². The zero-order valence-corrected chi connectivity index (χ0v) is 14.5. The lowest BCUT2D eigenvalue weighted by Crippen LogP contribution is -2.36. The Bertz CT molecular complexity index is 761. The maximum atomic E-state index is 12.1. The first-order valence-corrected chi connectivity index (χ1v) is 8.05. The van der Waals surface area contributed by atoms with Crippen molar-refractivity contribution in [1.82, 2.24) is 9.47 Å². The maximum Gasteiger partial charge on any atom is 0.326 e. The highest BCUT2D eigenvalue weighted by molar-refractivity contribution is 5.84. The lowest BCUT2D eigenvalue weighted by molar-refractivity contribution is -0.152. The van der Waals surface area contributed by atoms with Crippen LogP contribution in [0.15, 0.2) is 42.5 Å². The fraction of sp³-hybridized carbons (Fsp3) is 0.368. The van der Waals surface area contributed by atoms with Gasteiger partial charge in [-0.2, -0.15) is 0 Å². The van der Waals surface area contributed by atoms with Crippen molar-refractivity contribution in [3.05, 3.63) is 48.2 Å². The smallest absolute Gasteiger partial charge is 0.326 e. The minimum Gasteiger partial charge on any atom is -0.454 e. The molecule has 0 spiro atoms. The largest absolute Gasteiger partial charge is 0.454 e. The van der Waals surface area contributed by atoms with Crippen molar-refractivity contribution in [3.8, 4) is 0 Å². The van der Waals surface area contributed by atoms with E-state index in [0.717, 1.165) is 22.2 Å². The highest BCUT2D eigenvalue weighted by atomic mass is 16.5. The molecule has 0 aliphatic heterocycles. The lowest BCUT2D eigenvalue weighted by Gasteiger charge is -2.20. The second-order valence-electron chi connectivity index (χ2n) is 5.96. The number of nitrogens with zero attached hydrogens (tertiary/aromatic N) is 2. The standard InChI is InChI=1S/C19H24N2O3/c1-5-20(11-14(2)3)18(22)13-24-19(23)12-21-15(4)10-16-8-6-7-9-17(16)21/h6-10H,2,5,11-13H2,1,3-4H3. The number of esters is 1. The molecule has 0 fully saturated rings. The van der Waals surface area contributed by atoms with Crippen molar-refractivity contribution in [2.24, 2.45) is 0 Å². The van der Waals surface area contributed by atoms with Crippen LogP contribution in [-0.2, 0) is 20.9 Å². The summed E-state index contributed by atoms with van der Waals surface area (Å²) in [6, 6.07) is 9.89. The number of para-hydroxylation sites is 1. The summed E-state index contributed by atoms with van der Waals surface area (Å²) < 4.78 is 7.06. The summed E-state index contributed by atoms with van der Waals surface area (Å²) in [6.07, 6.45) is 0. The molecule has 0 saturated heterocycles. The normalized spacial score (nSPS) is 10.6. The highest BCUT2D eigenvalue weighted by Gasteiger charge is 2.15. The van der Waals surface area contributed by atoms with Gasteiger partial charge in [-0.1, -0.05) is 30.4 Å². The second kappa shape index (κ2) is 7.81. The summed E-state index contributed by atoms with van der Waals surface area (Å²) in [4.78, 5) is 25.8.